The first kappa shape index (κ1) is 28.6. The number of likely N-dealkylation sites (tertiary alicyclic amines) is 1. The number of nitrogens with zero attached hydrogens (tertiary/aromatic N) is 5. The van der Waals surface area contributed by atoms with Gasteiger partial charge in [-0.2, -0.15) is 0 Å². The average Bonchev–Trinajstić information content (AvgIpc) is 3.48. The molecule has 2 atom stereocenters. The molecule has 12 nitrogen and oxygen atoms in total. The maximum atomic E-state index is 15.3. The molecule has 3 heterocycles. The molecule has 3 N–H and O–H groups in total. The molecular formula is C27H33FN6O6. The molecule has 0 saturated carbocycles. The van der Waals surface area contributed by atoms with Gasteiger partial charge in [0.2, 0.25) is 0 Å². The first-order valence-corrected chi connectivity index (χ1v) is 12.9. The second kappa shape index (κ2) is 11.4. The lowest BCUT2D eigenvalue weighted by molar-refractivity contribution is -0.141. The van der Waals surface area contributed by atoms with Crippen LogP contribution in [0.15, 0.2) is 36.7 Å². The molecule has 0 spiro atoms. The number of imidazole rings is 1. The summed E-state index contributed by atoms with van der Waals surface area (Å²) in [5.74, 6) is -1.35. The van der Waals surface area contributed by atoms with Gasteiger partial charge in [-0.25, -0.2) is 28.7 Å². The van der Waals surface area contributed by atoms with E-state index >= 15 is 4.39 Å². The van der Waals surface area contributed by atoms with Gasteiger partial charge in [0.15, 0.2) is 0 Å². The van der Waals surface area contributed by atoms with Gasteiger partial charge in [0.05, 0.1) is 28.6 Å². The molecule has 1 fully saturated rings. The van der Waals surface area contributed by atoms with E-state index in [1.807, 2.05) is 4.57 Å². The fraction of sp³-hybridized carbons (Fsp3) is 0.444. The number of aliphatic carboxylic acids is 1. The highest BCUT2D eigenvalue weighted by Gasteiger charge is 2.40. The molecule has 2 amide bonds. The number of hydrogen-bond donors (Lipinski definition) is 3. The fourth-order valence-electron chi connectivity index (χ4n) is 4.71. The van der Waals surface area contributed by atoms with Crippen LogP contribution in [0.4, 0.5) is 19.8 Å². The number of hydrogen-bond acceptors (Lipinski definition) is 7. The van der Waals surface area contributed by atoms with E-state index in [0.717, 1.165) is 4.90 Å². The Morgan fingerprint density at radius 1 is 1.20 bits per heavy atom. The number of benzene rings is 1. The summed E-state index contributed by atoms with van der Waals surface area (Å²) in [5.41, 5.74) is 1.12. The lowest BCUT2D eigenvalue weighted by atomic mass is 10.1. The van der Waals surface area contributed by atoms with Crippen molar-refractivity contribution in [2.45, 2.75) is 57.8 Å². The van der Waals surface area contributed by atoms with Crippen LogP contribution < -0.4 is 5.32 Å². The molecule has 1 saturated heterocycles. The molecule has 214 valence electrons. The van der Waals surface area contributed by atoms with Crippen LogP contribution in [0.5, 0.6) is 0 Å². The number of pyridine rings is 1. The Kier molecular flexibility index (Phi) is 8.12. The topological polar surface area (TPSA) is 150 Å². The van der Waals surface area contributed by atoms with E-state index < -0.39 is 41.7 Å². The summed E-state index contributed by atoms with van der Waals surface area (Å²) in [6.45, 7) is 6.26. The van der Waals surface area contributed by atoms with Crippen LogP contribution in [0.3, 0.4) is 0 Å². The highest BCUT2D eigenvalue weighted by atomic mass is 19.1. The Balaban J connectivity index is 1.53. The zero-order valence-corrected chi connectivity index (χ0v) is 22.8. The number of anilines is 1. The van der Waals surface area contributed by atoms with Crippen molar-refractivity contribution in [3.8, 4) is 11.3 Å². The summed E-state index contributed by atoms with van der Waals surface area (Å²) in [7, 11) is 1.66. The standard InChI is InChI=1S/C27H33FN6O6/c1-27(2,3)40-26(39)32(4)11-6-12-33-15-29-19-10-9-17(28)22(23(19)33)18-7-5-8-21(31-18)30-16-13-20(24(35)36)34(14-16)25(37)38/h5,7-10,15-16,20H,6,11-14H2,1-4H3,(H,30,31)(H,35,36)(H,37,38)/t16-,20-/m0/s1. The summed E-state index contributed by atoms with van der Waals surface area (Å²) in [6, 6.07) is 6.29. The second-order valence-electron chi connectivity index (χ2n) is 10.8. The number of carbonyl (C=O) groups excluding carboxylic acids is 1. The third-order valence-corrected chi connectivity index (χ3v) is 6.52. The Hall–Kier alpha value is -4.42. The van der Waals surface area contributed by atoms with Gasteiger partial charge in [-0.1, -0.05) is 6.07 Å². The highest BCUT2D eigenvalue weighted by molar-refractivity contribution is 5.92. The monoisotopic (exact) mass is 556 g/mol. The van der Waals surface area contributed by atoms with Crippen molar-refractivity contribution in [1.29, 1.82) is 0 Å². The predicted octanol–water partition coefficient (Wildman–Crippen LogP) is 4.11. The molecule has 13 heteroatoms. The van der Waals surface area contributed by atoms with Crippen LogP contribution >= 0.6 is 0 Å². The maximum Gasteiger partial charge on any atom is 0.410 e. The van der Waals surface area contributed by atoms with Crippen LogP contribution in [0.25, 0.3) is 22.3 Å². The molecule has 1 aliphatic rings. The number of aryl methyl sites for hydroxylation is 1. The zero-order chi connectivity index (χ0) is 29.2. The van der Waals surface area contributed by atoms with E-state index in [-0.39, 0.29) is 18.5 Å². The average molecular weight is 557 g/mol. The van der Waals surface area contributed by atoms with Crippen LogP contribution in [0, 0.1) is 5.82 Å². The Morgan fingerprint density at radius 3 is 2.60 bits per heavy atom. The minimum Gasteiger partial charge on any atom is -0.480 e. The molecule has 1 aliphatic heterocycles. The van der Waals surface area contributed by atoms with Gasteiger partial charge in [-0.3, -0.25) is 4.90 Å². The molecule has 0 radical (unpaired) electrons. The van der Waals surface area contributed by atoms with Crippen molar-refractivity contribution in [3.05, 3.63) is 42.5 Å². The lowest BCUT2D eigenvalue weighted by Crippen LogP contribution is -2.39. The lowest BCUT2D eigenvalue weighted by Gasteiger charge is -2.24. The Morgan fingerprint density at radius 2 is 1.95 bits per heavy atom. The third-order valence-electron chi connectivity index (χ3n) is 6.52. The number of nitrogens with one attached hydrogen (secondary N) is 1. The van der Waals surface area contributed by atoms with E-state index in [4.69, 9.17) is 4.74 Å². The van der Waals surface area contributed by atoms with Crippen LogP contribution in [-0.4, -0.2) is 90.5 Å². The van der Waals surface area contributed by atoms with Gasteiger partial charge in [0.25, 0.3) is 0 Å². The van der Waals surface area contributed by atoms with Crippen molar-refractivity contribution >= 4 is 35.0 Å². The van der Waals surface area contributed by atoms with Crippen molar-refractivity contribution in [3.63, 3.8) is 0 Å². The van der Waals surface area contributed by atoms with E-state index in [2.05, 4.69) is 15.3 Å². The molecule has 1 aromatic carbocycles. The van der Waals surface area contributed by atoms with Gasteiger partial charge < -0.3 is 29.7 Å². The number of carbonyl (C=O) groups is 3. The summed E-state index contributed by atoms with van der Waals surface area (Å²) in [5, 5.41) is 21.8. The first-order valence-electron chi connectivity index (χ1n) is 12.9. The van der Waals surface area contributed by atoms with E-state index in [0.29, 0.717) is 42.1 Å². The fourth-order valence-corrected chi connectivity index (χ4v) is 4.71. The summed E-state index contributed by atoms with van der Waals surface area (Å²) >= 11 is 0. The Bertz CT molecular complexity index is 1400. The van der Waals surface area contributed by atoms with Crippen molar-refractivity contribution in [1.82, 2.24) is 24.3 Å². The third kappa shape index (κ3) is 6.41. The quantitative estimate of drug-likeness (QED) is 0.372. The second-order valence-corrected chi connectivity index (χ2v) is 10.8. The minimum absolute atomic E-state index is 0.0212. The number of fused-ring (bicyclic) bond motifs is 1. The molecule has 0 bridgehead atoms. The van der Waals surface area contributed by atoms with Crippen molar-refractivity contribution in [2.24, 2.45) is 0 Å². The smallest absolute Gasteiger partial charge is 0.410 e. The zero-order valence-electron chi connectivity index (χ0n) is 22.8. The molecule has 4 rings (SSSR count). The molecule has 2 aromatic heterocycles. The van der Waals surface area contributed by atoms with E-state index in [1.165, 1.54) is 11.0 Å². The number of rotatable bonds is 8. The Labute approximate surface area is 230 Å². The van der Waals surface area contributed by atoms with Crippen LogP contribution in [0.2, 0.25) is 0 Å². The first-order chi connectivity index (χ1) is 18.8. The van der Waals surface area contributed by atoms with Gasteiger partial charge in [0.1, 0.15) is 23.3 Å². The van der Waals surface area contributed by atoms with Gasteiger partial charge in [0, 0.05) is 39.1 Å². The summed E-state index contributed by atoms with van der Waals surface area (Å²) < 4.78 is 22.5. The predicted molar refractivity (Wildman–Crippen MR) is 145 cm³/mol. The van der Waals surface area contributed by atoms with E-state index in [1.54, 1.807) is 58.4 Å². The van der Waals surface area contributed by atoms with Crippen LogP contribution in [-0.2, 0) is 16.1 Å². The maximum absolute atomic E-state index is 15.3. The normalized spacial score (nSPS) is 17.2. The largest absolute Gasteiger partial charge is 0.480 e. The number of amides is 2. The number of halogens is 1. The minimum atomic E-state index is -1.31. The van der Waals surface area contributed by atoms with Gasteiger partial charge in [-0.05, 0) is 51.5 Å². The van der Waals surface area contributed by atoms with Crippen LogP contribution in [0.1, 0.15) is 33.6 Å². The number of carboxylic acids is 1. The molecule has 40 heavy (non-hydrogen) atoms. The number of carboxylic acid groups (broad SMARTS) is 2. The summed E-state index contributed by atoms with van der Waals surface area (Å²) in [4.78, 5) is 46.6. The molecule has 3 aromatic rings. The van der Waals surface area contributed by atoms with Crippen molar-refractivity contribution < 1.29 is 33.7 Å². The highest BCUT2D eigenvalue weighted by Crippen LogP contribution is 2.31. The molecule has 0 unspecified atom stereocenters. The van der Waals surface area contributed by atoms with Gasteiger partial charge in [-0.15, -0.1) is 0 Å². The van der Waals surface area contributed by atoms with Crippen molar-refractivity contribution in [2.75, 3.05) is 25.5 Å². The molecular weight excluding hydrogens is 523 g/mol. The SMILES string of the molecule is CN(CCCn1cnc2ccc(F)c(-c3cccc(N[C@H]4C[C@@H](C(=O)O)N(C(=O)O)C4)n3)c21)C(=O)OC(C)(C)C. The van der Waals surface area contributed by atoms with E-state index in [9.17, 15) is 24.6 Å². The molecule has 0 aliphatic carbocycles. The number of aromatic nitrogens is 3. The summed E-state index contributed by atoms with van der Waals surface area (Å²) in [6.07, 6.45) is 0.527. The van der Waals surface area contributed by atoms with Gasteiger partial charge >= 0.3 is 18.2 Å². The number of ether oxygens (including phenoxy) is 1.